The molecule has 0 spiro atoms. The summed E-state index contributed by atoms with van der Waals surface area (Å²) < 4.78 is 76.0. The molecule has 4 rings (SSSR count). The maximum Gasteiger partial charge on any atom is 0.148 e. The second-order valence-corrected chi connectivity index (χ2v) is 10.6. The van der Waals surface area contributed by atoms with Crippen molar-refractivity contribution in [3.8, 4) is 5.75 Å². The fraction of sp³-hybridized carbons (Fsp3) is 0.444. The van der Waals surface area contributed by atoms with Crippen LogP contribution in [0.5, 0.6) is 5.75 Å². The van der Waals surface area contributed by atoms with Gasteiger partial charge in [0.25, 0.3) is 0 Å². The Morgan fingerprint density at radius 3 is 2.43 bits per heavy atom. The molecule has 1 aromatic heterocycles. The van der Waals surface area contributed by atoms with Crippen LogP contribution in [0.2, 0.25) is 0 Å². The van der Waals surface area contributed by atoms with Gasteiger partial charge in [-0.05, 0) is 62.4 Å². The molecule has 1 aliphatic rings. The summed E-state index contributed by atoms with van der Waals surface area (Å²) in [7, 11) is 1.48. The first-order valence-corrected chi connectivity index (χ1v) is 13.1. The van der Waals surface area contributed by atoms with E-state index in [1.165, 1.54) is 7.11 Å². The van der Waals surface area contributed by atoms with Crippen LogP contribution in [-0.4, -0.2) is 54.1 Å². The zero-order valence-corrected chi connectivity index (χ0v) is 21.3. The number of ether oxygens (including phenoxy) is 1. The maximum atomic E-state index is 15.4. The number of aliphatic hydroxyl groups excluding tert-OH is 1. The van der Waals surface area contributed by atoms with Gasteiger partial charge in [-0.15, -0.1) is 11.8 Å². The number of alkyl halides is 1. The number of piperidine rings is 1. The van der Waals surface area contributed by atoms with Crippen molar-refractivity contribution in [2.75, 3.05) is 39.1 Å². The number of nitrogens with zero attached hydrogens (tertiary/aromatic N) is 2. The normalized spacial score (nSPS) is 16.7. The molecular weight excluding hydrogens is 511 g/mol. The minimum atomic E-state index is -1.57. The smallest absolute Gasteiger partial charge is 0.148 e. The number of aromatic nitrogens is 1. The van der Waals surface area contributed by atoms with Gasteiger partial charge in [-0.3, -0.25) is 4.98 Å². The summed E-state index contributed by atoms with van der Waals surface area (Å²) in [6, 6.07) is 6.25. The Balaban J connectivity index is 1.33. The molecule has 1 N–H and O–H groups in total. The molecule has 10 heteroatoms. The summed E-state index contributed by atoms with van der Waals surface area (Å²) in [5, 5.41) is 10.5. The van der Waals surface area contributed by atoms with Crippen molar-refractivity contribution in [3.63, 3.8) is 0 Å². The van der Waals surface area contributed by atoms with Gasteiger partial charge < -0.3 is 14.7 Å². The zero-order chi connectivity index (χ0) is 26.6. The Morgan fingerprint density at radius 2 is 1.78 bits per heavy atom. The molecule has 2 heterocycles. The second-order valence-electron chi connectivity index (χ2n) is 9.46. The summed E-state index contributed by atoms with van der Waals surface area (Å²) in [6.45, 7) is 1.72. The lowest BCUT2D eigenvalue weighted by Crippen LogP contribution is -2.43. The maximum absolute atomic E-state index is 15.4. The Hall–Kier alpha value is -2.43. The van der Waals surface area contributed by atoms with Gasteiger partial charge in [-0.2, -0.15) is 0 Å². The predicted molar refractivity (Wildman–Crippen MR) is 134 cm³/mol. The highest BCUT2D eigenvalue weighted by molar-refractivity contribution is 7.99. The zero-order valence-electron chi connectivity index (χ0n) is 20.5. The van der Waals surface area contributed by atoms with Crippen molar-refractivity contribution >= 4 is 22.7 Å². The number of thioether (sulfide) groups is 1. The molecule has 200 valence electrons. The molecule has 0 aliphatic carbocycles. The molecule has 1 aliphatic heterocycles. The van der Waals surface area contributed by atoms with E-state index in [4.69, 9.17) is 4.74 Å². The summed E-state index contributed by atoms with van der Waals surface area (Å²) >= 11 is 0.991. The molecule has 0 radical (unpaired) electrons. The van der Waals surface area contributed by atoms with Gasteiger partial charge >= 0.3 is 0 Å². The number of pyridine rings is 1. The summed E-state index contributed by atoms with van der Waals surface area (Å²) in [5.41, 5.74) is -0.0600. The van der Waals surface area contributed by atoms with Crippen LogP contribution in [0.1, 0.15) is 37.4 Å². The van der Waals surface area contributed by atoms with Crippen LogP contribution >= 0.6 is 11.8 Å². The molecular formula is C27H29F5N2O2S. The average molecular weight is 541 g/mol. The topological polar surface area (TPSA) is 45.6 Å². The van der Waals surface area contributed by atoms with Gasteiger partial charge in [0, 0.05) is 42.0 Å². The number of halogens is 5. The first-order chi connectivity index (χ1) is 17.7. The number of aliphatic hydroxyl groups is 1. The van der Waals surface area contributed by atoms with Gasteiger partial charge in [0.1, 0.15) is 35.2 Å². The third-order valence-corrected chi connectivity index (χ3v) is 8.24. The first kappa shape index (κ1) is 27.6. The molecule has 1 saturated heterocycles. The summed E-state index contributed by atoms with van der Waals surface area (Å²) in [6.07, 6.45) is 1.12. The van der Waals surface area contributed by atoms with Gasteiger partial charge in [0.15, 0.2) is 0 Å². The number of hydrogen-bond acceptors (Lipinski definition) is 5. The minimum Gasteiger partial charge on any atom is -0.497 e. The van der Waals surface area contributed by atoms with Crippen LogP contribution in [0.15, 0.2) is 41.4 Å². The van der Waals surface area contributed by atoms with E-state index in [-0.39, 0.29) is 23.5 Å². The lowest BCUT2D eigenvalue weighted by atomic mass is 9.74. The van der Waals surface area contributed by atoms with Crippen LogP contribution in [0.25, 0.3) is 10.9 Å². The van der Waals surface area contributed by atoms with Crippen LogP contribution < -0.4 is 4.74 Å². The second kappa shape index (κ2) is 12.0. The van der Waals surface area contributed by atoms with E-state index in [0.29, 0.717) is 73.4 Å². The van der Waals surface area contributed by atoms with E-state index in [1.807, 2.05) is 0 Å². The van der Waals surface area contributed by atoms with E-state index in [1.54, 1.807) is 18.2 Å². The van der Waals surface area contributed by atoms with Crippen LogP contribution in [-0.2, 0) is 0 Å². The molecule has 37 heavy (non-hydrogen) atoms. The van der Waals surface area contributed by atoms with Crippen molar-refractivity contribution in [1.82, 2.24) is 9.88 Å². The van der Waals surface area contributed by atoms with E-state index < -0.39 is 34.9 Å². The number of fused-ring (bicyclic) bond motifs is 1. The van der Waals surface area contributed by atoms with Gasteiger partial charge in [0.2, 0.25) is 0 Å². The predicted octanol–water partition coefficient (Wildman–Crippen LogP) is 6.46. The fourth-order valence-electron chi connectivity index (χ4n) is 4.87. The molecule has 1 fully saturated rings. The summed E-state index contributed by atoms with van der Waals surface area (Å²) in [4.78, 5) is 5.96. The molecule has 3 aromatic rings. The number of rotatable bonds is 10. The summed E-state index contributed by atoms with van der Waals surface area (Å²) in [5.74, 6) is -2.61. The lowest BCUT2D eigenvalue weighted by molar-refractivity contribution is 0.0321. The van der Waals surface area contributed by atoms with Crippen molar-refractivity contribution in [3.05, 3.63) is 65.4 Å². The first-order valence-electron chi connectivity index (χ1n) is 12.1. The molecule has 0 unspecified atom stereocenters. The highest BCUT2D eigenvalue weighted by atomic mass is 32.2. The minimum absolute atomic E-state index is 0.0484. The Morgan fingerprint density at radius 1 is 1.08 bits per heavy atom. The van der Waals surface area contributed by atoms with Crippen LogP contribution in [0.4, 0.5) is 22.0 Å². The van der Waals surface area contributed by atoms with Crippen molar-refractivity contribution in [2.24, 2.45) is 5.41 Å². The van der Waals surface area contributed by atoms with Crippen molar-refractivity contribution in [2.45, 2.75) is 36.8 Å². The van der Waals surface area contributed by atoms with Gasteiger partial charge in [-0.25, -0.2) is 22.0 Å². The van der Waals surface area contributed by atoms with E-state index in [2.05, 4.69) is 9.88 Å². The van der Waals surface area contributed by atoms with E-state index in [0.717, 1.165) is 18.0 Å². The lowest BCUT2D eigenvalue weighted by Gasteiger charge is -2.41. The Labute approximate surface area is 216 Å². The van der Waals surface area contributed by atoms with Crippen molar-refractivity contribution in [1.29, 1.82) is 0 Å². The van der Waals surface area contributed by atoms with Gasteiger partial charge in [-0.1, -0.05) is 0 Å². The quantitative estimate of drug-likeness (QED) is 0.236. The molecule has 4 nitrogen and oxygen atoms in total. The Bertz CT molecular complexity index is 1210. The highest BCUT2D eigenvalue weighted by Gasteiger charge is 2.35. The number of likely N-dealkylation sites (tertiary alicyclic amines) is 1. The molecule has 2 aromatic carbocycles. The SMILES string of the molecule is COc1ccc2ncc(F)c([C@H](F)CCC3(CO)CCN(CCSc4c(F)cc(F)cc4F)CC3)c2c1. The number of benzene rings is 2. The van der Waals surface area contributed by atoms with E-state index >= 15 is 4.39 Å². The molecule has 1 atom stereocenters. The number of hydrogen-bond donors (Lipinski definition) is 1. The van der Waals surface area contributed by atoms with Crippen molar-refractivity contribution < 1.29 is 31.8 Å². The third kappa shape index (κ3) is 6.35. The highest BCUT2D eigenvalue weighted by Crippen LogP contribution is 2.41. The molecule has 0 bridgehead atoms. The average Bonchev–Trinajstić information content (AvgIpc) is 2.89. The third-order valence-electron chi connectivity index (χ3n) is 7.18. The van der Waals surface area contributed by atoms with Crippen LogP contribution in [0, 0.1) is 28.7 Å². The molecule has 0 saturated carbocycles. The largest absolute Gasteiger partial charge is 0.497 e. The Kier molecular flexibility index (Phi) is 8.92. The van der Waals surface area contributed by atoms with Crippen LogP contribution in [0.3, 0.4) is 0 Å². The standard InChI is InChI=1S/C27H29F5N2O2S/c1-36-18-2-3-24-19(14-18)25(23(32)15-33-24)20(29)4-5-27(16-35)6-8-34(9-7-27)10-11-37-26-21(30)12-17(28)13-22(26)31/h2-3,12-15,20,35H,4-11,16H2,1H3/t20-/m1/s1. The monoisotopic (exact) mass is 540 g/mol. The van der Waals surface area contributed by atoms with Gasteiger partial charge in [0.05, 0.1) is 23.7 Å². The van der Waals surface area contributed by atoms with E-state index in [9.17, 15) is 22.7 Å². The number of methoxy groups -OCH3 is 1. The molecule has 0 amide bonds. The fourth-order valence-corrected chi connectivity index (χ4v) is 5.82.